The highest BCUT2D eigenvalue weighted by atomic mass is 32.2. The van der Waals surface area contributed by atoms with E-state index in [0.717, 1.165) is 0 Å². The number of Topliss-reactive ketones (excluding diaryl/α,β-unsaturated/α-hetero) is 1. The molecule has 0 radical (unpaired) electrons. The zero-order valence-electron chi connectivity index (χ0n) is 16.5. The molecule has 7 nitrogen and oxygen atoms in total. The molecule has 2 aliphatic heterocycles. The van der Waals surface area contributed by atoms with Crippen LogP contribution in [0.15, 0.2) is 42.5 Å². The van der Waals surface area contributed by atoms with Gasteiger partial charge in [-0.25, -0.2) is 4.79 Å². The van der Waals surface area contributed by atoms with E-state index in [1.54, 1.807) is 49.4 Å². The van der Waals surface area contributed by atoms with Crippen LogP contribution in [0.1, 0.15) is 34.5 Å². The molecule has 0 saturated carbocycles. The number of ether oxygens (including phenoxy) is 4. The van der Waals surface area contributed by atoms with E-state index in [9.17, 15) is 14.4 Å². The van der Waals surface area contributed by atoms with Crippen molar-refractivity contribution in [1.29, 1.82) is 0 Å². The quantitative estimate of drug-likeness (QED) is 0.687. The Hall–Kier alpha value is -3.00. The van der Waals surface area contributed by atoms with Crippen molar-refractivity contribution in [1.82, 2.24) is 0 Å². The van der Waals surface area contributed by atoms with Crippen LogP contribution >= 0.6 is 11.8 Å². The standard InChI is InChI=1S/C22H20O7S/c1-12-19(23)15-10-17-16(27-11-28-17)8-14(15)9-18(30-12)21(24)29-20(22(25)26-2)13-6-4-3-5-7-13/h3-8,10,12,18,20H,9,11H2,1-2H3/t12-,18+,20+/m1/s1. The number of rotatable bonds is 4. The summed E-state index contributed by atoms with van der Waals surface area (Å²) in [6, 6.07) is 12.1. The molecule has 4 rings (SSSR count). The molecule has 30 heavy (non-hydrogen) atoms. The number of hydrogen-bond donors (Lipinski definition) is 0. The van der Waals surface area contributed by atoms with E-state index in [1.807, 2.05) is 0 Å². The van der Waals surface area contributed by atoms with Crippen molar-refractivity contribution in [3.63, 3.8) is 0 Å². The monoisotopic (exact) mass is 428 g/mol. The van der Waals surface area contributed by atoms with E-state index < -0.39 is 28.5 Å². The molecule has 2 heterocycles. The highest BCUT2D eigenvalue weighted by molar-refractivity contribution is 8.01. The van der Waals surface area contributed by atoms with Crippen LogP contribution in [0.3, 0.4) is 0 Å². The molecule has 0 fully saturated rings. The van der Waals surface area contributed by atoms with Gasteiger partial charge in [-0.3, -0.25) is 9.59 Å². The number of methoxy groups -OCH3 is 1. The Labute approximate surface area is 177 Å². The topological polar surface area (TPSA) is 88.1 Å². The molecule has 0 aromatic heterocycles. The van der Waals surface area contributed by atoms with E-state index >= 15 is 0 Å². The molecular weight excluding hydrogens is 408 g/mol. The Kier molecular flexibility index (Phi) is 5.67. The summed E-state index contributed by atoms with van der Waals surface area (Å²) in [6.07, 6.45) is -0.899. The predicted molar refractivity (Wildman–Crippen MR) is 109 cm³/mol. The van der Waals surface area contributed by atoms with E-state index in [4.69, 9.17) is 18.9 Å². The summed E-state index contributed by atoms with van der Waals surface area (Å²) in [5.74, 6) is -0.262. The Bertz CT molecular complexity index is 988. The van der Waals surface area contributed by atoms with Gasteiger partial charge in [0, 0.05) is 11.1 Å². The van der Waals surface area contributed by atoms with Crippen LogP contribution in [-0.4, -0.2) is 42.1 Å². The second kappa shape index (κ2) is 8.39. The van der Waals surface area contributed by atoms with Crippen molar-refractivity contribution in [3.8, 4) is 11.5 Å². The van der Waals surface area contributed by atoms with Crippen molar-refractivity contribution in [2.75, 3.05) is 13.9 Å². The van der Waals surface area contributed by atoms with E-state index in [1.165, 1.54) is 18.9 Å². The number of ketones is 1. The Morgan fingerprint density at radius 3 is 2.53 bits per heavy atom. The molecule has 0 spiro atoms. The molecule has 2 aliphatic rings. The number of fused-ring (bicyclic) bond motifs is 2. The van der Waals surface area contributed by atoms with Gasteiger partial charge < -0.3 is 18.9 Å². The highest BCUT2D eigenvalue weighted by Gasteiger charge is 2.36. The Morgan fingerprint density at radius 2 is 1.83 bits per heavy atom. The summed E-state index contributed by atoms with van der Waals surface area (Å²) in [7, 11) is 1.24. The normalized spacial score (nSPS) is 20.7. The lowest BCUT2D eigenvalue weighted by atomic mass is 9.97. The lowest BCUT2D eigenvalue weighted by molar-refractivity contribution is -0.166. The van der Waals surface area contributed by atoms with Crippen molar-refractivity contribution in [2.24, 2.45) is 0 Å². The first-order chi connectivity index (χ1) is 14.5. The average molecular weight is 428 g/mol. The summed E-state index contributed by atoms with van der Waals surface area (Å²) in [5, 5.41) is -1.13. The Morgan fingerprint density at radius 1 is 1.13 bits per heavy atom. The molecule has 2 aromatic rings. The van der Waals surface area contributed by atoms with Crippen LogP contribution in [0.2, 0.25) is 0 Å². The van der Waals surface area contributed by atoms with Crippen LogP contribution in [-0.2, 0) is 25.5 Å². The molecule has 8 heteroatoms. The van der Waals surface area contributed by atoms with Gasteiger partial charge >= 0.3 is 11.9 Å². The third kappa shape index (κ3) is 3.87. The molecule has 2 aromatic carbocycles. The predicted octanol–water partition coefficient (Wildman–Crippen LogP) is 3.10. The molecule has 0 bridgehead atoms. The van der Waals surface area contributed by atoms with Crippen LogP contribution in [0.4, 0.5) is 0 Å². The second-order valence-electron chi connectivity index (χ2n) is 6.95. The maximum absolute atomic E-state index is 13.0. The largest absolute Gasteiger partial charge is 0.466 e. The summed E-state index contributed by atoms with van der Waals surface area (Å²) >= 11 is 1.22. The van der Waals surface area contributed by atoms with Gasteiger partial charge in [-0.05, 0) is 31.0 Å². The van der Waals surface area contributed by atoms with E-state index in [0.29, 0.717) is 28.2 Å². The zero-order chi connectivity index (χ0) is 21.3. The number of hydrogen-bond acceptors (Lipinski definition) is 8. The fourth-order valence-corrected chi connectivity index (χ4v) is 4.66. The van der Waals surface area contributed by atoms with Crippen LogP contribution in [0.5, 0.6) is 11.5 Å². The number of benzene rings is 2. The van der Waals surface area contributed by atoms with Crippen LogP contribution in [0, 0.1) is 0 Å². The number of carbonyl (C=O) groups is 3. The molecular formula is C22H20O7S. The smallest absolute Gasteiger partial charge is 0.351 e. The van der Waals surface area contributed by atoms with Gasteiger partial charge in [0.05, 0.1) is 12.4 Å². The maximum atomic E-state index is 13.0. The van der Waals surface area contributed by atoms with Crippen LogP contribution < -0.4 is 9.47 Å². The van der Waals surface area contributed by atoms with Crippen molar-refractivity contribution in [2.45, 2.75) is 29.9 Å². The van der Waals surface area contributed by atoms with Crippen LogP contribution in [0.25, 0.3) is 0 Å². The van der Waals surface area contributed by atoms with Gasteiger partial charge in [-0.15, -0.1) is 11.8 Å². The third-order valence-corrected chi connectivity index (χ3v) is 6.33. The maximum Gasteiger partial charge on any atom is 0.351 e. The summed E-state index contributed by atoms with van der Waals surface area (Å²) in [6.45, 7) is 1.85. The lowest BCUT2D eigenvalue weighted by Crippen LogP contribution is -2.29. The molecule has 0 unspecified atom stereocenters. The summed E-state index contributed by atoms with van der Waals surface area (Å²) < 4.78 is 21.2. The molecule has 0 saturated heterocycles. The molecule has 156 valence electrons. The number of carbonyl (C=O) groups excluding carboxylic acids is 3. The first kappa shape index (κ1) is 20.3. The first-order valence-corrected chi connectivity index (χ1v) is 10.4. The average Bonchev–Trinajstić information content (AvgIpc) is 3.18. The van der Waals surface area contributed by atoms with Gasteiger partial charge in [0.1, 0.15) is 5.25 Å². The third-order valence-electron chi connectivity index (χ3n) is 5.02. The van der Waals surface area contributed by atoms with Gasteiger partial charge in [0.15, 0.2) is 17.3 Å². The zero-order valence-corrected chi connectivity index (χ0v) is 17.3. The summed E-state index contributed by atoms with van der Waals surface area (Å²) in [5.41, 5.74) is 1.73. The molecule has 0 aliphatic carbocycles. The Balaban J connectivity index is 1.60. The van der Waals surface area contributed by atoms with Gasteiger partial charge in [-0.1, -0.05) is 30.3 Å². The highest BCUT2D eigenvalue weighted by Crippen LogP contribution is 2.40. The van der Waals surface area contributed by atoms with Crippen molar-refractivity contribution in [3.05, 3.63) is 59.2 Å². The van der Waals surface area contributed by atoms with Crippen molar-refractivity contribution < 1.29 is 33.3 Å². The van der Waals surface area contributed by atoms with E-state index in [-0.39, 0.29) is 19.0 Å². The second-order valence-corrected chi connectivity index (χ2v) is 8.50. The minimum absolute atomic E-state index is 0.0869. The lowest BCUT2D eigenvalue weighted by Gasteiger charge is -2.20. The van der Waals surface area contributed by atoms with E-state index in [2.05, 4.69) is 0 Å². The molecule has 0 amide bonds. The first-order valence-electron chi connectivity index (χ1n) is 9.43. The minimum atomic E-state index is -1.17. The number of thioether (sulfide) groups is 1. The van der Waals surface area contributed by atoms with Gasteiger partial charge in [0.25, 0.3) is 0 Å². The molecule has 3 atom stereocenters. The minimum Gasteiger partial charge on any atom is -0.466 e. The molecule has 0 N–H and O–H groups in total. The SMILES string of the molecule is COC(=O)[C@@H](OC(=O)[C@@H]1Cc2cc3c(cc2C(=O)[C@@H](C)S1)OCO3)c1ccccc1. The summed E-state index contributed by atoms with van der Waals surface area (Å²) in [4.78, 5) is 38.1. The van der Waals surface area contributed by atoms with Crippen molar-refractivity contribution >= 4 is 29.5 Å². The number of esters is 2. The van der Waals surface area contributed by atoms with Gasteiger partial charge in [-0.2, -0.15) is 0 Å². The fourth-order valence-electron chi connectivity index (χ4n) is 3.48. The van der Waals surface area contributed by atoms with Gasteiger partial charge in [0.2, 0.25) is 12.9 Å². The fraction of sp³-hybridized carbons (Fsp3) is 0.318.